The van der Waals surface area contributed by atoms with Gasteiger partial charge in [0.1, 0.15) is 0 Å². The lowest BCUT2D eigenvalue weighted by atomic mass is 10.5. The summed E-state index contributed by atoms with van der Waals surface area (Å²) in [4.78, 5) is 12.1. The Morgan fingerprint density at radius 3 is 2.46 bits per heavy atom. The number of urea groups is 1. The van der Waals surface area contributed by atoms with Gasteiger partial charge < -0.3 is 5.11 Å². The fourth-order valence-electron chi connectivity index (χ4n) is 0.724. The molecule has 0 rings (SSSR count). The number of carbonyl (C=O) groups excluding carboxylic acids is 1. The zero-order chi connectivity index (χ0) is 10.3. The summed E-state index contributed by atoms with van der Waals surface area (Å²) in [6, 6.07) is -0.992. The lowest BCUT2D eigenvalue weighted by molar-refractivity contribution is -0.0627. The van der Waals surface area contributed by atoms with Crippen LogP contribution in [0.4, 0.5) is 4.79 Å². The van der Waals surface area contributed by atoms with E-state index in [1.807, 2.05) is 6.92 Å². The molecule has 7 nitrogen and oxygen atoms in total. The highest BCUT2D eigenvalue weighted by molar-refractivity contribution is 5.71. The van der Waals surface area contributed by atoms with Gasteiger partial charge >= 0.3 is 6.03 Å². The lowest BCUT2D eigenvalue weighted by Crippen LogP contribution is -2.41. The minimum absolute atomic E-state index is 0.0147. The summed E-state index contributed by atoms with van der Waals surface area (Å²) in [5, 5.41) is 26.1. The van der Waals surface area contributed by atoms with Crippen LogP contribution < -0.4 is 5.48 Å². The quantitative estimate of drug-likeness (QED) is 0.256. The van der Waals surface area contributed by atoms with Crippen molar-refractivity contribution in [2.75, 3.05) is 26.4 Å². The molecule has 0 aromatic rings. The van der Waals surface area contributed by atoms with Crippen molar-refractivity contribution >= 4 is 6.03 Å². The van der Waals surface area contributed by atoms with Crippen molar-refractivity contribution in [3.05, 3.63) is 0 Å². The van der Waals surface area contributed by atoms with Gasteiger partial charge in [0.15, 0.2) is 0 Å². The predicted molar refractivity (Wildman–Crippen MR) is 43.1 cm³/mol. The number of aliphatic hydroxyl groups excluding tert-OH is 1. The van der Waals surface area contributed by atoms with Gasteiger partial charge in [0.25, 0.3) is 0 Å². The van der Waals surface area contributed by atoms with E-state index < -0.39 is 6.03 Å². The van der Waals surface area contributed by atoms with E-state index in [4.69, 9.17) is 15.5 Å². The molecule has 0 heterocycles. The molecule has 2 amide bonds. The standard InChI is InChI=1S/C6H15N3O4/c1-2-8(5-10)3-4-9(13)6(11)7-12/h10,12-13H,2-5H2,1H3,(H,7,11). The number of rotatable bonds is 5. The number of likely N-dealkylation sites (N-methyl/N-ethyl adjacent to an activating group) is 1. The van der Waals surface area contributed by atoms with Crippen LogP contribution in [-0.4, -0.2) is 57.9 Å². The largest absolute Gasteiger partial charge is 0.381 e. The van der Waals surface area contributed by atoms with Gasteiger partial charge in [-0.25, -0.2) is 15.3 Å². The molecule has 0 atom stereocenters. The summed E-state index contributed by atoms with van der Waals surface area (Å²) >= 11 is 0. The molecule has 78 valence electrons. The second-order valence-corrected chi connectivity index (χ2v) is 2.39. The Bertz CT molecular complexity index is 151. The van der Waals surface area contributed by atoms with E-state index in [0.717, 1.165) is 0 Å². The van der Waals surface area contributed by atoms with Crippen molar-refractivity contribution in [2.24, 2.45) is 0 Å². The van der Waals surface area contributed by atoms with E-state index in [1.54, 1.807) is 4.90 Å². The van der Waals surface area contributed by atoms with Gasteiger partial charge in [-0.3, -0.25) is 15.3 Å². The molecule has 0 aliphatic rings. The monoisotopic (exact) mass is 193 g/mol. The molecule has 4 N–H and O–H groups in total. The van der Waals surface area contributed by atoms with Crippen LogP contribution in [0.5, 0.6) is 0 Å². The molecule has 0 saturated carbocycles. The second kappa shape index (κ2) is 6.61. The summed E-state index contributed by atoms with van der Waals surface area (Å²) in [5.41, 5.74) is 1.28. The second-order valence-electron chi connectivity index (χ2n) is 2.39. The SMILES string of the molecule is CCN(CO)CCN(O)C(=O)NO. The molecule has 0 aromatic carbocycles. The van der Waals surface area contributed by atoms with Crippen LogP contribution in [0.2, 0.25) is 0 Å². The zero-order valence-electron chi connectivity index (χ0n) is 7.47. The number of hydrogen-bond acceptors (Lipinski definition) is 5. The van der Waals surface area contributed by atoms with Crippen LogP contribution in [0.15, 0.2) is 0 Å². The fraction of sp³-hybridized carbons (Fsp3) is 0.833. The highest BCUT2D eigenvalue weighted by atomic mass is 16.5. The summed E-state index contributed by atoms with van der Waals surface area (Å²) in [5.74, 6) is 0. The van der Waals surface area contributed by atoms with E-state index in [9.17, 15) is 4.79 Å². The van der Waals surface area contributed by atoms with Gasteiger partial charge in [0, 0.05) is 6.54 Å². The number of hydrogen-bond donors (Lipinski definition) is 4. The summed E-state index contributed by atoms with van der Waals surface area (Å²) < 4.78 is 0. The normalized spacial score (nSPS) is 10.2. The van der Waals surface area contributed by atoms with Crippen LogP contribution in [0.3, 0.4) is 0 Å². The zero-order valence-corrected chi connectivity index (χ0v) is 7.47. The van der Waals surface area contributed by atoms with E-state index in [-0.39, 0.29) is 13.3 Å². The highest BCUT2D eigenvalue weighted by Gasteiger charge is 2.10. The Hall–Kier alpha value is -0.890. The first kappa shape index (κ1) is 12.1. The minimum atomic E-state index is -0.992. The molecule has 0 bridgehead atoms. The third-order valence-electron chi connectivity index (χ3n) is 1.61. The molecule has 0 fully saturated rings. The maximum atomic E-state index is 10.5. The molecular weight excluding hydrogens is 178 g/mol. The van der Waals surface area contributed by atoms with Crippen molar-refractivity contribution < 1.29 is 20.3 Å². The van der Waals surface area contributed by atoms with Crippen molar-refractivity contribution in [2.45, 2.75) is 6.92 Å². The van der Waals surface area contributed by atoms with Gasteiger partial charge in [-0.1, -0.05) is 6.92 Å². The molecular formula is C6H15N3O4. The maximum absolute atomic E-state index is 10.5. The number of nitrogens with one attached hydrogen (secondary N) is 1. The van der Waals surface area contributed by atoms with Gasteiger partial charge in [0.2, 0.25) is 0 Å². The molecule has 0 aromatic heterocycles. The molecule has 0 saturated heterocycles. The molecule has 0 spiro atoms. The Morgan fingerprint density at radius 1 is 1.46 bits per heavy atom. The van der Waals surface area contributed by atoms with E-state index in [2.05, 4.69) is 0 Å². The first-order valence-electron chi connectivity index (χ1n) is 3.89. The summed E-state index contributed by atoms with van der Waals surface area (Å²) in [6.07, 6.45) is 0. The average molecular weight is 193 g/mol. The third kappa shape index (κ3) is 4.63. The van der Waals surface area contributed by atoms with Gasteiger partial charge in [-0.2, -0.15) is 0 Å². The van der Waals surface area contributed by atoms with Gasteiger partial charge in [-0.05, 0) is 6.54 Å². The Balaban J connectivity index is 3.67. The van der Waals surface area contributed by atoms with E-state index in [1.165, 1.54) is 5.48 Å². The van der Waals surface area contributed by atoms with E-state index in [0.29, 0.717) is 18.2 Å². The van der Waals surface area contributed by atoms with Crippen LogP contribution in [0, 0.1) is 0 Å². The first-order chi connectivity index (χ1) is 6.15. The predicted octanol–water partition coefficient (Wildman–Crippen LogP) is -0.952. The number of aliphatic hydroxyl groups is 1. The Morgan fingerprint density at radius 2 is 2.08 bits per heavy atom. The third-order valence-corrected chi connectivity index (χ3v) is 1.61. The van der Waals surface area contributed by atoms with Gasteiger partial charge in [-0.15, -0.1) is 0 Å². The molecule has 0 aliphatic carbocycles. The van der Waals surface area contributed by atoms with Crippen LogP contribution in [0.25, 0.3) is 0 Å². The first-order valence-corrected chi connectivity index (χ1v) is 3.89. The van der Waals surface area contributed by atoms with Crippen molar-refractivity contribution in [3.8, 4) is 0 Å². The Labute approximate surface area is 76.1 Å². The fourth-order valence-corrected chi connectivity index (χ4v) is 0.724. The molecule has 0 radical (unpaired) electrons. The van der Waals surface area contributed by atoms with Crippen molar-refractivity contribution in [1.82, 2.24) is 15.4 Å². The van der Waals surface area contributed by atoms with Crippen LogP contribution in [0.1, 0.15) is 6.92 Å². The molecule has 13 heavy (non-hydrogen) atoms. The summed E-state index contributed by atoms with van der Waals surface area (Å²) in [7, 11) is 0. The molecule has 0 aliphatic heterocycles. The van der Waals surface area contributed by atoms with E-state index >= 15 is 0 Å². The van der Waals surface area contributed by atoms with Crippen LogP contribution in [-0.2, 0) is 0 Å². The smallest absolute Gasteiger partial charge is 0.364 e. The van der Waals surface area contributed by atoms with Crippen LogP contribution >= 0.6 is 0 Å². The number of amides is 2. The number of carbonyl (C=O) groups is 1. The Kier molecular flexibility index (Phi) is 6.15. The lowest BCUT2D eigenvalue weighted by Gasteiger charge is -2.20. The average Bonchev–Trinajstić information content (AvgIpc) is 2.17. The van der Waals surface area contributed by atoms with Gasteiger partial charge in [0.05, 0.1) is 13.3 Å². The topological polar surface area (TPSA) is 96.3 Å². The minimum Gasteiger partial charge on any atom is -0.381 e. The molecule has 7 heteroatoms. The number of hydroxylamine groups is 3. The highest BCUT2D eigenvalue weighted by Crippen LogP contribution is 1.88. The van der Waals surface area contributed by atoms with Crippen molar-refractivity contribution in [3.63, 3.8) is 0 Å². The maximum Gasteiger partial charge on any atom is 0.364 e. The molecule has 0 unspecified atom stereocenters. The van der Waals surface area contributed by atoms with Crippen molar-refractivity contribution in [1.29, 1.82) is 0 Å². The summed E-state index contributed by atoms with van der Waals surface area (Å²) in [6.45, 7) is 2.66. The number of nitrogens with zero attached hydrogens (tertiary/aromatic N) is 2.